The van der Waals surface area contributed by atoms with E-state index in [1.54, 1.807) is 25.3 Å². The molecule has 0 atom stereocenters. The first kappa shape index (κ1) is 13.3. The van der Waals surface area contributed by atoms with Crippen molar-refractivity contribution in [2.45, 2.75) is 6.92 Å². The van der Waals surface area contributed by atoms with Gasteiger partial charge in [0.05, 0.1) is 18.7 Å². The third kappa shape index (κ3) is 4.33. The van der Waals surface area contributed by atoms with Crippen LogP contribution in [0.25, 0.3) is 6.08 Å². The molecule has 0 amide bonds. The van der Waals surface area contributed by atoms with E-state index < -0.39 is 0 Å². The Kier molecular flexibility index (Phi) is 5.31. The lowest BCUT2D eigenvalue weighted by atomic mass is 10.1. The van der Waals surface area contributed by atoms with E-state index in [1.807, 2.05) is 12.2 Å². The number of ether oxygens (including phenoxy) is 1. The van der Waals surface area contributed by atoms with Crippen molar-refractivity contribution in [2.24, 2.45) is 0 Å². The van der Waals surface area contributed by atoms with Crippen LogP contribution in [0, 0.1) is 11.3 Å². The standard InChI is InChI=1S/C13H13NO2S/c1-10(15)17-7-3-4-12-8-11(9-14)5-6-13(12)16-2/h3-6,8H,7H2,1-2H3. The van der Waals surface area contributed by atoms with Gasteiger partial charge in [-0.25, -0.2) is 0 Å². The molecule has 0 radical (unpaired) electrons. The maximum atomic E-state index is 10.7. The Labute approximate surface area is 105 Å². The number of thioether (sulfide) groups is 1. The highest BCUT2D eigenvalue weighted by Gasteiger charge is 2.00. The predicted octanol–water partition coefficient (Wildman–Crippen LogP) is 2.86. The summed E-state index contributed by atoms with van der Waals surface area (Å²) in [7, 11) is 1.59. The Balaban J connectivity index is 2.81. The van der Waals surface area contributed by atoms with Crippen LogP contribution in [-0.4, -0.2) is 18.0 Å². The van der Waals surface area contributed by atoms with E-state index in [0.717, 1.165) is 5.56 Å². The molecule has 0 saturated carbocycles. The molecule has 0 saturated heterocycles. The van der Waals surface area contributed by atoms with Crippen molar-refractivity contribution in [1.82, 2.24) is 0 Å². The van der Waals surface area contributed by atoms with Crippen LogP contribution in [0.1, 0.15) is 18.1 Å². The van der Waals surface area contributed by atoms with Crippen LogP contribution in [0.4, 0.5) is 0 Å². The summed E-state index contributed by atoms with van der Waals surface area (Å²) < 4.78 is 5.19. The molecule has 0 aliphatic carbocycles. The Hall–Kier alpha value is -1.73. The molecular formula is C13H13NO2S. The van der Waals surface area contributed by atoms with Gasteiger partial charge in [0.1, 0.15) is 5.75 Å². The van der Waals surface area contributed by atoms with Crippen molar-refractivity contribution >= 4 is 23.0 Å². The van der Waals surface area contributed by atoms with Gasteiger partial charge >= 0.3 is 0 Å². The van der Waals surface area contributed by atoms with Crippen LogP contribution >= 0.6 is 11.8 Å². The van der Waals surface area contributed by atoms with Gasteiger partial charge < -0.3 is 4.74 Å². The lowest BCUT2D eigenvalue weighted by Gasteiger charge is -2.04. The van der Waals surface area contributed by atoms with Gasteiger partial charge in [0, 0.05) is 18.2 Å². The highest BCUT2D eigenvalue weighted by Crippen LogP contribution is 2.21. The fourth-order valence-corrected chi connectivity index (χ4v) is 1.70. The van der Waals surface area contributed by atoms with E-state index in [9.17, 15) is 4.79 Å². The van der Waals surface area contributed by atoms with Crippen LogP contribution in [0.3, 0.4) is 0 Å². The fraction of sp³-hybridized carbons (Fsp3) is 0.231. The number of hydrogen-bond acceptors (Lipinski definition) is 4. The Morgan fingerprint density at radius 2 is 2.35 bits per heavy atom. The first-order chi connectivity index (χ1) is 8.17. The molecule has 0 spiro atoms. The molecule has 4 heteroatoms. The van der Waals surface area contributed by atoms with Gasteiger partial charge in [-0.3, -0.25) is 4.79 Å². The molecule has 0 N–H and O–H groups in total. The highest BCUT2D eigenvalue weighted by molar-refractivity contribution is 8.13. The van der Waals surface area contributed by atoms with Gasteiger partial charge in [-0.2, -0.15) is 5.26 Å². The minimum atomic E-state index is 0.0902. The smallest absolute Gasteiger partial charge is 0.186 e. The molecule has 1 rings (SSSR count). The third-order valence-electron chi connectivity index (χ3n) is 2.04. The van der Waals surface area contributed by atoms with E-state index in [2.05, 4.69) is 6.07 Å². The molecule has 1 aromatic rings. The molecule has 3 nitrogen and oxygen atoms in total. The largest absolute Gasteiger partial charge is 0.496 e. The van der Waals surface area contributed by atoms with Crippen LogP contribution in [-0.2, 0) is 4.79 Å². The topological polar surface area (TPSA) is 50.1 Å². The molecule has 0 aliphatic rings. The summed E-state index contributed by atoms with van der Waals surface area (Å²) in [5.74, 6) is 1.34. The van der Waals surface area contributed by atoms with Gasteiger partial charge in [0.25, 0.3) is 0 Å². The number of nitrogens with zero attached hydrogens (tertiary/aromatic N) is 1. The molecule has 88 valence electrons. The Bertz CT molecular complexity index is 475. The van der Waals surface area contributed by atoms with Gasteiger partial charge in [-0.05, 0) is 18.2 Å². The second kappa shape index (κ2) is 6.77. The number of hydrogen-bond donors (Lipinski definition) is 0. The first-order valence-electron chi connectivity index (χ1n) is 5.05. The molecule has 0 bridgehead atoms. The van der Waals surface area contributed by atoms with E-state index in [4.69, 9.17) is 10.00 Å². The minimum Gasteiger partial charge on any atom is -0.496 e. The summed E-state index contributed by atoms with van der Waals surface area (Å²) in [6, 6.07) is 7.31. The summed E-state index contributed by atoms with van der Waals surface area (Å²) >= 11 is 1.24. The molecule has 0 aromatic heterocycles. The van der Waals surface area contributed by atoms with Gasteiger partial charge in [0.2, 0.25) is 0 Å². The molecule has 0 aliphatic heterocycles. The third-order valence-corrected chi connectivity index (χ3v) is 2.80. The second-order valence-corrected chi connectivity index (χ2v) is 4.47. The maximum Gasteiger partial charge on any atom is 0.186 e. The molecular weight excluding hydrogens is 234 g/mol. The molecule has 1 aromatic carbocycles. The Morgan fingerprint density at radius 1 is 1.59 bits per heavy atom. The minimum absolute atomic E-state index is 0.0902. The zero-order valence-electron chi connectivity index (χ0n) is 9.77. The van der Waals surface area contributed by atoms with Crippen molar-refractivity contribution in [1.29, 1.82) is 5.26 Å². The number of benzene rings is 1. The number of carbonyl (C=O) groups is 1. The van der Waals surface area contributed by atoms with Crippen molar-refractivity contribution < 1.29 is 9.53 Å². The summed E-state index contributed by atoms with van der Waals surface area (Å²) in [5, 5.41) is 8.90. The number of rotatable bonds is 4. The van der Waals surface area contributed by atoms with Crippen molar-refractivity contribution in [3.63, 3.8) is 0 Å². The lowest BCUT2D eigenvalue weighted by Crippen LogP contribution is -1.88. The molecule has 0 unspecified atom stereocenters. The van der Waals surface area contributed by atoms with Crippen LogP contribution in [0.15, 0.2) is 24.3 Å². The van der Waals surface area contributed by atoms with Crippen LogP contribution in [0.5, 0.6) is 5.75 Å². The van der Waals surface area contributed by atoms with Crippen molar-refractivity contribution in [3.8, 4) is 11.8 Å². The fourth-order valence-electron chi connectivity index (χ4n) is 1.27. The van der Waals surface area contributed by atoms with Gasteiger partial charge in [-0.15, -0.1) is 0 Å². The number of methoxy groups -OCH3 is 1. The van der Waals surface area contributed by atoms with Gasteiger partial charge in [-0.1, -0.05) is 23.9 Å². The SMILES string of the molecule is COc1ccc(C#N)cc1C=CCSC(C)=O. The van der Waals surface area contributed by atoms with Crippen LogP contribution < -0.4 is 4.74 Å². The summed E-state index contributed by atoms with van der Waals surface area (Å²) in [5.41, 5.74) is 1.43. The van der Waals surface area contributed by atoms with Gasteiger partial charge in [0.15, 0.2) is 5.12 Å². The quantitative estimate of drug-likeness (QED) is 0.821. The zero-order chi connectivity index (χ0) is 12.7. The monoisotopic (exact) mass is 247 g/mol. The molecule has 0 heterocycles. The van der Waals surface area contributed by atoms with Crippen molar-refractivity contribution in [3.05, 3.63) is 35.4 Å². The molecule has 0 fully saturated rings. The summed E-state index contributed by atoms with van der Waals surface area (Å²) in [6.45, 7) is 1.54. The first-order valence-corrected chi connectivity index (χ1v) is 6.04. The molecule has 17 heavy (non-hydrogen) atoms. The summed E-state index contributed by atoms with van der Waals surface area (Å²) in [6.07, 6.45) is 3.74. The van der Waals surface area contributed by atoms with E-state index >= 15 is 0 Å². The second-order valence-electron chi connectivity index (χ2n) is 3.27. The van der Waals surface area contributed by atoms with E-state index in [1.165, 1.54) is 18.7 Å². The number of carbonyl (C=O) groups excluding carboxylic acids is 1. The predicted molar refractivity (Wildman–Crippen MR) is 69.9 cm³/mol. The van der Waals surface area contributed by atoms with Crippen LogP contribution in [0.2, 0.25) is 0 Å². The summed E-state index contributed by atoms with van der Waals surface area (Å²) in [4.78, 5) is 10.7. The average molecular weight is 247 g/mol. The zero-order valence-corrected chi connectivity index (χ0v) is 10.6. The Morgan fingerprint density at radius 3 is 2.94 bits per heavy atom. The highest BCUT2D eigenvalue weighted by atomic mass is 32.2. The average Bonchev–Trinajstić information content (AvgIpc) is 2.34. The van der Waals surface area contributed by atoms with E-state index in [0.29, 0.717) is 17.1 Å². The number of nitriles is 1. The van der Waals surface area contributed by atoms with E-state index in [-0.39, 0.29) is 5.12 Å². The normalized spacial score (nSPS) is 10.2. The lowest BCUT2D eigenvalue weighted by molar-refractivity contribution is -0.109. The van der Waals surface area contributed by atoms with Crippen molar-refractivity contribution in [2.75, 3.05) is 12.9 Å². The maximum absolute atomic E-state index is 10.7.